The fourth-order valence-corrected chi connectivity index (χ4v) is 1.25. The van der Waals surface area contributed by atoms with Crippen LogP contribution >= 0.6 is 9.69 Å². The Morgan fingerprint density at radius 3 is 2.67 bits per heavy atom. The molecule has 1 aromatic rings. The molecule has 0 radical (unpaired) electrons. The monoisotopic (exact) mass is 273 g/mol. The summed E-state index contributed by atoms with van der Waals surface area (Å²) in [5.41, 5.74) is 0.854. The Hall–Kier alpha value is -0.397. The summed E-state index contributed by atoms with van der Waals surface area (Å²) >= 11 is 0.847. The molecule has 1 aliphatic heterocycles. The van der Waals surface area contributed by atoms with E-state index in [9.17, 15) is 0 Å². The van der Waals surface area contributed by atoms with Crippen molar-refractivity contribution in [2.45, 2.75) is 19.4 Å². The van der Waals surface area contributed by atoms with Crippen molar-refractivity contribution in [3.63, 3.8) is 0 Å². The van der Waals surface area contributed by atoms with Gasteiger partial charge in [-0.2, -0.15) is 0 Å². The molecule has 0 aliphatic carbocycles. The molecule has 15 heavy (non-hydrogen) atoms. The number of nitrogens with zero attached hydrogens (tertiary/aromatic N) is 1. The van der Waals surface area contributed by atoms with Crippen molar-refractivity contribution in [2.24, 2.45) is 4.99 Å². The van der Waals surface area contributed by atoms with Gasteiger partial charge in [-0.05, 0) is 13.8 Å². The Labute approximate surface area is 104 Å². The van der Waals surface area contributed by atoms with Gasteiger partial charge in [0.05, 0.1) is 5.54 Å². The van der Waals surface area contributed by atoms with Gasteiger partial charge in [0.15, 0.2) is 0 Å². The average molecular weight is 275 g/mol. The van der Waals surface area contributed by atoms with E-state index >= 15 is 0 Å². The standard InChI is InChI=1S/C11H12NO.ClH.Zn/c1-11(2)8-13-10(12-11)9-6-4-3-5-7-9;;/h3-6H,8H2,1-2H3;1H;/q-1;;+2/p-1. The third-order valence-electron chi connectivity index (χ3n) is 1.91. The normalized spacial score (nSPS) is 17.3. The van der Waals surface area contributed by atoms with Gasteiger partial charge < -0.3 is 4.74 Å². The molecule has 0 saturated heterocycles. The summed E-state index contributed by atoms with van der Waals surface area (Å²) in [7, 11) is 4.76. The Kier molecular flexibility index (Phi) is 4.75. The molecular weight excluding hydrogens is 263 g/mol. The number of benzene rings is 1. The summed E-state index contributed by atoms with van der Waals surface area (Å²) in [6.07, 6.45) is 0. The van der Waals surface area contributed by atoms with Crippen molar-refractivity contribution in [2.75, 3.05) is 6.61 Å². The van der Waals surface area contributed by atoms with Crippen LogP contribution in [-0.2, 0) is 22.0 Å². The number of aliphatic imine (C=N–C) groups is 1. The van der Waals surface area contributed by atoms with Gasteiger partial charge in [0.1, 0.15) is 12.5 Å². The molecule has 2 rings (SSSR count). The van der Waals surface area contributed by atoms with Crippen LogP contribution in [0.1, 0.15) is 19.4 Å². The van der Waals surface area contributed by atoms with Crippen molar-refractivity contribution in [3.05, 3.63) is 35.9 Å². The number of hydrogen-bond acceptors (Lipinski definition) is 2. The van der Waals surface area contributed by atoms with Gasteiger partial charge in [-0.3, -0.25) is 4.99 Å². The van der Waals surface area contributed by atoms with Crippen LogP contribution in [0.15, 0.2) is 29.3 Å². The Morgan fingerprint density at radius 2 is 2.20 bits per heavy atom. The Balaban J connectivity index is 0.000000531. The zero-order chi connectivity index (χ0) is 11.3. The first-order chi connectivity index (χ1) is 7.17. The molecule has 1 aliphatic rings. The quantitative estimate of drug-likeness (QED) is 0.570. The minimum atomic E-state index is -0.0843. The second-order valence-corrected chi connectivity index (χ2v) is 3.79. The Bertz CT molecular complexity index is 338. The van der Waals surface area contributed by atoms with Crippen LogP contribution < -0.4 is 0 Å². The molecule has 1 heterocycles. The van der Waals surface area contributed by atoms with E-state index in [4.69, 9.17) is 14.4 Å². The molecule has 2 nitrogen and oxygen atoms in total. The SMILES string of the molecule is CC1(C)COC(c2[c-]cccc2)=N1.[Cl][Zn+]. The third-order valence-corrected chi connectivity index (χ3v) is 1.91. The molecule has 4 heteroatoms. The molecule has 0 N–H and O–H groups in total. The van der Waals surface area contributed by atoms with E-state index < -0.39 is 0 Å². The van der Waals surface area contributed by atoms with Crippen LogP contribution in [0.3, 0.4) is 0 Å². The number of hydrogen-bond donors (Lipinski definition) is 0. The summed E-state index contributed by atoms with van der Waals surface area (Å²) in [6.45, 7) is 4.77. The van der Waals surface area contributed by atoms with Gasteiger partial charge in [0.25, 0.3) is 0 Å². The Morgan fingerprint density at radius 1 is 1.47 bits per heavy atom. The molecule has 0 spiro atoms. The second kappa shape index (κ2) is 5.62. The van der Waals surface area contributed by atoms with Crippen LogP contribution in [0.4, 0.5) is 0 Å². The zero-order valence-electron chi connectivity index (χ0n) is 8.96. The molecule has 0 unspecified atom stereocenters. The molecule has 0 saturated carbocycles. The van der Waals surface area contributed by atoms with E-state index in [1.807, 2.05) is 24.3 Å². The van der Waals surface area contributed by atoms with Gasteiger partial charge in [0.2, 0.25) is 0 Å². The van der Waals surface area contributed by atoms with Crippen LogP contribution in [0, 0.1) is 6.07 Å². The van der Waals surface area contributed by atoms with Gasteiger partial charge in [-0.15, -0.1) is 30.3 Å². The van der Waals surface area contributed by atoms with Crippen molar-refractivity contribution >= 4 is 15.6 Å². The molecular formula is C11H12ClNOZn. The number of rotatable bonds is 1. The van der Waals surface area contributed by atoms with Gasteiger partial charge in [0, 0.05) is 0 Å². The first-order valence-electron chi connectivity index (χ1n) is 4.64. The molecule has 1 aromatic carbocycles. The predicted molar refractivity (Wildman–Crippen MR) is 57.7 cm³/mol. The van der Waals surface area contributed by atoms with Crippen molar-refractivity contribution in [3.8, 4) is 0 Å². The van der Waals surface area contributed by atoms with Crippen molar-refractivity contribution < 1.29 is 22.0 Å². The van der Waals surface area contributed by atoms with E-state index in [2.05, 4.69) is 24.9 Å². The van der Waals surface area contributed by atoms with E-state index in [-0.39, 0.29) is 5.54 Å². The van der Waals surface area contributed by atoms with Crippen LogP contribution in [0.25, 0.3) is 0 Å². The van der Waals surface area contributed by atoms with E-state index in [1.54, 1.807) is 0 Å². The van der Waals surface area contributed by atoms with Crippen molar-refractivity contribution in [1.82, 2.24) is 0 Å². The van der Waals surface area contributed by atoms with Gasteiger partial charge in [-0.1, -0.05) is 5.56 Å². The van der Waals surface area contributed by atoms with Crippen LogP contribution in [0.5, 0.6) is 0 Å². The number of halogens is 1. The van der Waals surface area contributed by atoms with Crippen LogP contribution in [0.2, 0.25) is 0 Å². The van der Waals surface area contributed by atoms with Crippen LogP contribution in [-0.4, -0.2) is 18.0 Å². The van der Waals surface area contributed by atoms with Gasteiger partial charge in [-0.25, -0.2) is 0 Å². The topological polar surface area (TPSA) is 21.6 Å². The molecule has 0 atom stereocenters. The summed E-state index contributed by atoms with van der Waals surface area (Å²) < 4.78 is 5.47. The minimum absolute atomic E-state index is 0.0843. The average Bonchev–Trinajstić information content (AvgIpc) is 2.63. The fourth-order valence-electron chi connectivity index (χ4n) is 1.25. The van der Waals surface area contributed by atoms with Crippen molar-refractivity contribution in [1.29, 1.82) is 0 Å². The first-order valence-corrected chi connectivity index (χ1v) is 8.54. The number of ether oxygens (including phenoxy) is 1. The molecule has 0 aromatic heterocycles. The molecule has 0 fully saturated rings. The summed E-state index contributed by atoms with van der Waals surface area (Å²) in [6, 6.07) is 10.8. The first kappa shape index (κ1) is 12.7. The fraction of sp³-hybridized carbons (Fsp3) is 0.364. The molecule has 76 valence electrons. The second-order valence-electron chi connectivity index (χ2n) is 3.79. The van der Waals surface area contributed by atoms with E-state index in [0.717, 1.165) is 22.9 Å². The summed E-state index contributed by atoms with van der Waals surface area (Å²) in [4.78, 5) is 4.45. The maximum atomic E-state index is 5.47. The van der Waals surface area contributed by atoms with Gasteiger partial charge >= 0.3 is 27.0 Å². The molecule has 0 amide bonds. The third kappa shape index (κ3) is 3.58. The summed E-state index contributed by atoms with van der Waals surface area (Å²) in [5.74, 6) is 0.714. The summed E-state index contributed by atoms with van der Waals surface area (Å²) in [5, 5.41) is 0. The predicted octanol–water partition coefficient (Wildman–Crippen LogP) is 2.73. The van der Waals surface area contributed by atoms with E-state index in [0.29, 0.717) is 12.5 Å². The zero-order valence-corrected chi connectivity index (χ0v) is 12.7. The van der Waals surface area contributed by atoms with E-state index in [1.165, 1.54) is 0 Å². The maximum absolute atomic E-state index is 5.47. The molecule has 0 bridgehead atoms.